The molecule has 0 aliphatic carbocycles. The number of carbonyl (C=O) groups is 1. The number of alkyl halides is 2. The van der Waals surface area contributed by atoms with Crippen LogP contribution in [0.15, 0.2) is 23.0 Å². The molecule has 1 atom stereocenters. The van der Waals surface area contributed by atoms with Crippen molar-refractivity contribution in [3.63, 3.8) is 0 Å². The molecule has 6 nitrogen and oxygen atoms in total. The molecule has 0 spiro atoms. The van der Waals surface area contributed by atoms with Crippen molar-refractivity contribution in [2.24, 2.45) is 0 Å². The number of aromatic nitrogens is 2. The number of halogens is 2. The van der Waals surface area contributed by atoms with E-state index in [-0.39, 0.29) is 30.0 Å². The van der Waals surface area contributed by atoms with E-state index in [1.54, 1.807) is 0 Å². The highest BCUT2D eigenvalue weighted by Gasteiger charge is 2.26. The van der Waals surface area contributed by atoms with E-state index < -0.39 is 23.4 Å². The highest BCUT2D eigenvalue weighted by atomic mass is 19.3. The summed E-state index contributed by atoms with van der Waals surface area (Å²) in [6, 6.07) is 3.47. The van der Waals surface area contributed by atoms with Crippen molar-refractivity contribution in [3.05, 3.63) is 39.8 Å². The SMILES string of the molecule is CCC(CO)NC(=O)Cn1nc(C(C)C)c2cc(C(C)(F)F)ccc2c1=O. The van der Waals surface area contributed by atoms with Gasteiger partial charge in [0, 0.05) is 17.9 Å². The van der Waals surface area contributed by atoms with Crippen molar-refractivity contribution < 1.29 is 18.7 Å². The zero-order valence-electron chi connectivity index (χ0n) is 15.9. The van der Waals surface area contributed by atoms with Crippen molar-refractivity contribution in [1.29, 1.82) is 0 Å². The number of amides is 1. The average Bonchev–Trinajstić information content (AvgIpc) is 2.60. The molecule has 27 heavy (non-hydrogen) atoms. The third kappa shape index (κ3) is 4.68. The number of benzene rings is 1. The van der Waals surface area contributed by atoms with Crippen molar-refractivity contribution >= 4 is 16.7 Å². The zero-order valence-corrected chi connectivity index (χ0v) is 15.9. The fourth-order valence-corrected chi connectivity index (χ4v) is 2.80. The van der Waals surface area contributed by atoms with Gasteiger partial charge in [0.15, 0.2) is 0 Å². The molecule has 2 rings (SSSR count). The minimum atomic E-state index is -3.03. The highest BCUT2D eigenvalue weighted by molar-refractivity contribution is 5.85. The predicted octanol–water partition coefficient (Wildman–Crippen LogP) is 2.52. The summed E-state index contributed by atoms with van der Waals surface area (Å²) in [6.45, 7) is 5.79. The number of nitrogens with zero attached hydrogens (tertiary/aromatic N) is 2. The van der Waals surface area contributed by atoms with Gasteiger partial charge in [-0.15, -0.1) is 0 Å². The normalized spacial score (nSPS) is 13.2. The first-order chi connectivity index (χ1) is 12.6. The second-order valence-corrected chi connectivity index (χ2v) is 7.01. The van der Waals surface area contributed by atoms with Gasteiger partial charge in [-0.2, -0.15) is 5.10 Å². The zero-order chi connectivity index (χ0) is 20.4. The molecule has 1 aromatic heterocycles. The molecule has 0 radical (unpaired) electrons. The van der Waals surface area contributed by atoms with E-state index in [4.69, 9.17) is 0 Å². The second-order valence-electron chi connectivity index (χ2n) is 7.01. The Morgan fingerprint density at radius 2 is 2.00 bits per heavy atom. The number of nitrogens with one attached hydrogen (secondary N) is 1. The number of fused-ring (bicyclic) bond motifs is 1. The number of aliphatic hydroxyl groups excluding tert-OH is 1. The summed E-state index contributed by atoms with van der Waals surface area (Å²) < 4.78 is 28.4. The lowest BCUT2D eigenvalue weighted by atomic mass is 9.99. The van der Waals surface area contributed by atoms with Crippen LogP contribution in [0, 0.1) is 0 Å². The summed E-state index contributed by atoms with van der Waals surface area (Å²) in [7, 11) is 0. The molecule has 0 aliphatic heterocycles. The quantitative estimate of drug-likeness (QED) is 0.772. The number of rotatable bonds is 7. The summed E-state index contributed by atoms with van der Waals surface area (Å²) >= 11 is 0. The van der Waals surface area contributed by atoms with Crippen LogP contribution in [-0.2, 0) is 17.3 Å². The van der Waals surface area contributed by atoms with Gasteiger partial charge >= 0.3 is 0 Å². The summed E-state index contributed by atoms with van der Waals surface area (Å²) in [4.78, 5) is 24.9. The molecule has 8 heteroatoms. The summed E-state index contributed by atoms with van der Waals surface area (Å²) in [5, 5.41) is 16.7. The Morgan fingerprint density at radius 1 is 1.33 bits per heavy atom. The van der Waals surface area contributed by atoms with Crippen LogP contribution in [0.3, 0.4) is 0 Å². The molecular formula is C19H25F2N3O3. The number of hydrogen-bond donors (Lipinski definition) is 2. The predicted molar refractivity (Wildman–Crippen MR) is 99.0 cm³/mol. The average molecular weight is 381 g/mol. The van der Waals surface area contributed by atoms with Gasteiger partial charge in [-0.05, 0) is 24.5 Å². The molecular weight excluding hydrogens is 356 g/mol. The molecule has 2 N–H and O–H groups in total. The lowest BCUT2D eigenvalue weighted by Crippen LogP contribution is -2.41. The summed E-state index contributed by atoms with van der Waals surface area (Å²) in [5.41, 5.74) is -0.243. The number of aliphatic hydroxyl groups is 1. The molecule has 0 fully saturated rings. The molecule has 1 unspecified atom stereocenters. The van der Waals surface area contributed by atoms with E-state index in [9.17, 15) is 23.5 Å². The Bertz CT molecular complexity index is 884. The van der Waals surface area contributed by atoms with Gasteiger partial charge in [0.2, 0.25) is 5.91 Å². The standard InChI is InChI=1S/C19H25F2N3O3/c1-5-13(10-25)22-16(26)9-24-18(27)14-7-6-12(19(4,20)21)8-15(14)17(23-24)11(2)3/h6-8,11,13,25H,5,9-10H2,1-4H3,(H,22,26). The Labute approximate surface area is 156 Å². The minimum Gasteiger partial charge on any atom is -0.394 e. The maximum atomic E-state index is 13.7. The maximum Gasteiger partial charge on any atom is 0.275 e. The minimum absolute atomic E-state index is 0.135. The van der Waals surface area contributed by atoms with Crippen LogP contribution in [0.1, 0.15) is 51.3 Å². The third-order valence-electron chi connectivity index (χ3n) is 4.41. The molecule has 148 valence electrons. The van der Waals surface area contributed by atoms with E-state index >= 15 is 0 Å². The molecule has 1 amide bonds. The first-order valence-electron chi connectivity index (χ1n) is 8.91. The third-order valence-corrected chi connectivity index (χ3v) is 4.41. The van der Waals surface area contributed by atoms with Crippen molar-refractivity contribution in [2.45, 2.75) is 58.5 Å². The van der Waals surface area contributed by atoms with E-state index in [2.05, 4.69) is 10.4 Å². The van der Waals surface area contributed by atoms with E-state index in [1.807, 2.05) is 20.8 Å². The maximum absolute atomic E-state index is 13.7. The largest absolute Gasteiger partial charge is 0.394 e. The topological polar surface area (TPSA) is 84.2 Å². The second kappa shape index (κ2) is 8.12. The van der Waals surface area contributed by atoms with Gasteiger partial charge in [-0.25, -0.2) is 13.5 Å². The Hall–Kier alpha value is -2.35. The van der Waals surface area contributed by atoms with Crippen LogP contribution in [0.2, 0.25) is 0 Å². The van der Waals surface area contributed by atoms with Gasteiger partial charge in [-0.1, -0.05) is 26.8 Å². The van der Waals surface area contributed by atoms with Crippen molar-refractivity contribution in [2.75, 3.05) is 6.61 Å². The fraction of sp³-hybridized carbons (Fsp3) is 0.526. The van der Waals surface area contributed by atoms with Crippen molar-refractivity contribution in [1.82, 2.24) is 15.1 Å². The van der Waals surface area contributed by atoms with Gasteiger partial charge in [0.1, 0.15) is 6.54 Å². The molecule has 1 aromatic carbocycles. The highest BCUT2D eigenvalue weighted by Crippen LogP contribution is 2.30. The van der Waals surface area contributed by atoms with Crippen LogP contribution in [0.25, 0.3) is 10.8 Å². The van der Waals surface area contributed by atoms with Gasteiger partial charge in [0.25, 0.3) is 11.5 Å². The van der Waals surface area contributed by atoms with Gasteiger partial charge < -0.3 is 10.4 Å². The Kier molecular flexibility index (Phi) is 6.30. The Morgan fingerprint density at radius 3 is 2.52 bits per heavy atom. The summed E-state index contributed by atoms with van der Waals surface area (Å²) in [5.74, 6) is -3.61. The molecule has 2 aromatic rings. The molecule has 0 bridgehead atoms. The van der Waals surface area contributed by atoms with Gasteiger partial charge in [-0.3, -0.25) is 9.59 Å². The lowest BCUT2D eigenvalue weighted by molar-refractivity contribution is -0.123. The molecule has 1 heterocycles. The summed E-state index contributed by atoms with van der Waals surface area (Å²) in [6.07, 6.45) is 0.549. The van der Waals surface area contributed by atoms with Crippen LogP contribution in [0.4, 0.5) is 8.78 Å². The first kappa shape index (κ1) is 21.0. The van der Waals surface area contributed by atoms with Crippen LogP contribution >= 0.6 is 0 Å². The van der Waals surface area contributed by atoms with E-state index in [1.165, 1.54) is 18.2 Å². The molecule has 0 aliphatic rings. The van der Waals surface area contributed by atoms with Gasteiger partial charge in [0.05, 0.1) is 23.7 Å². The smallest absolute Gasteiger partial charge is 0.275 e. The number of hydrogen-bond acceptors (Lipinski definition) is 4. The molecule has 0 saturated carbocycles. The Balaban J connectivity index is 2.52. The van der Waals surface area contributed by atoms with Crippen LogP contribution in [-0.4, -0.2) is 33.4 Å². The van der Waals surface area contributed by atoms with Crippen LogP contribution < -0.4 is 10.9 Å². The van der Waals surface area contributed by atoms with E-state index in [0.717, 1.165) is 11.6 Å². The lowest BCUT2D eigenvalue weighted by Gasteiger charge is -2.17. The molecule has 0 saturated heterocycles. The monoisotopic (exact) mass is 381 g/mol. The fourth-order valence-electron chi connectivity index (χ4n) is 2.80. The van der Waals surface area contributed by atoms with Crippen LogP contribution in [0.5, 0.6) is 0 Å². The first-order valence-corrected chi connectivity index (χ1v) is 8.91. The van der Waals surface area contributed by atoms with E-state index in [0.29, 0.717) is 17.5 Å². The number of carbonyl (C=O) groups excluding carboxylic acids is 1. The van der Waals surface area contributed by atoms with Crippen molar-refractivity contribution in [3.8, 4) is 0 Å².